The summed E-state index contributed by atoms with van der Waals surface area (Å²) in [6.45, 7) is 0. The molecule has 0 aromatic carbocycles. The highest BCUT2D eigenvalue weighted by Crippen LogP contribution is 2.22. The van der Waals surface area contributed by atoms with Crippen LogP contribution >= 0.6 is 11.3 Å². The maximum absolute atomic E-state index is 11.5. The molecule has 0 bridgehead atoms. The molecule has 7 heteroatoms. The molecule has 0 saturated heterocycles. The van der Waals surface area contributed by atoms with Crippen molar-refractivity contribution in [2.75, 3.05) is 7.11 Å². The minimum absolute atomic E-state index is 0.0910. The molecule has 0 radical (unpaired) electrons. The number of carbonyl (C=O) groups excluding carboxylic acids is 1. The molecule has 2 rings (SSSR count). The lowest BCUT2D eigenvalue weighted by Crippen LogP contribution is -2.14. The number of thiazole rings is 1. The topological polar surface area (TPSA) is 69.4 Å². The average molecular weight is 251 g/mol. The number of rotatable bonds is 3. The Bertz CT molecular complexity index is 618. The third-order valence-corrected chi connectivity index (χ3v) is 3.26. The van der Waals surface area contributed by atoms with E-state index in [9.17, 15) is 9.59 Å². The Morgan fingerprint density at radius 1 is 1.65 bits per heavy atom. The normalized spacial score (nSPS) is 10.6. The highest BCUT2D eigenvalue weighted by Gasteiger charge is 2.16. The summed E-state index contributed by atoms with van der Waals surface area (Å²) >= 11 is 1.42. The molecule has 0 aliphatic rings. The van der Waals surface area contributed by atoms with E-state index in [0.717, 1.165) is 17.7 Å². The van der Waals surface area contributed by atoms with Gasteiger partial charge in [0, 0.05) is 0 Å². The fraction of sp³-hybridized carbons (Fsp3) is 0.300. The lowest BCUT2D eigenvalue weighted by atomic mass is 10.0. The van der Waals surface area contributed by atoms with E-state index in [-0.39, 0.29) is 11.3 Å². The predicted octanol–water partition coefficient (Wildman–Crippen LogP) is 0.630. The first-order chi connectivity index (χ1) is 8.15. The molecule has 2 heterocycles. The number of aryl methyl sites for hydroxylation is 1. The standard InChI is InChI=1S/C10H10BNO4S/c1-15-9(13)5-4-6-8(16-10(5)14)12-7(17-6)2-3-11/h4H,2-3,11H2,1H3. The van der Waals surface area contributed by atoms with Crippen LogP contribution in [-0.4, -0.2) is 25.9 Å². The highest BCUT2D eigenvalue weighted by atomic mass is 32.1. The minimum atomic E-state index is -0.710. The molecule has 17 heavy (non-hydrogen) atoms. The Balaban J connectivity index is 2.55. The van der Waals surface area contributed by atoms with Crippen LogP contribution in [0.3, 0.4) is 0 Å². The van der Waals surface area contributed by atoms with Crippen LogP contribution in [0.1, 0.15) is 15.4 Å². The second-order valence-corrected chi connectivity index (χ2v) is 4.58. The van der Waals surface area contributed by atoms with Crippen molar-refractivity contribution in [3.63, 3.8) is 0 Å². The zero-order chi connectivity index (χ0) is 12.4. The van der Waals surface area contributed by atoms with Crippen LogP contribution in [0.4, 0.5) is 0 Å². The lowest BCUT2D eigenvalue weighted by molar-refractivity contribution is 0.0596. The van der Waals surface area contributed by atoms with E-state index in [2.05, 4.69) is 9.72 Å². The second kappa shape index (κ2) is 4.71. The van der Waals surface area contributed by atoms with Crippen LogP contribution in [-0.2, 0) is 11.2 Å². The maximum atomic E-state index is 11.5. The van der Waals surface area contributed by atoms with Gasteiger partial charge in [-0.2, -0.15) is 0 Å². The van der Waals surface area contributed by atoms with Gasteiger partial charge in [-0.15, -0.1) is 11.3 Å². The number of ether oxygens (including phenoxy) is 1. The van der Waals surface area contributed by atoms with Crippen molar-refractivity contribution in [1.29, 1.82) is 0 Å². The van der Waals surface area contributed by atoms with Gasteiger partial charge in [0.25, 0.3) is 0 Å². The summed E-state index contributed by atoms with van der Waals surface area (Å²) in [6.07, 6.45) is 1.80. The zero-order valence-corrected chi connectivity index (χ0v) is 10.3. The summed E-state index contributed by atoms with van der Waals surface area (Å²) in [6, 6.07) is 1.48. The maximum Gasteiger partial charge on any atom is 0.352 e. The molecule has 0 saturated carbocycles. The fourth-order valence-corrected chi connectivity index (χ4v) is 2.47. The van der Waals surface area contributed by atoms with Crippen molar-refractivity contribution in [3.8, 4) is 0 Å². The van der Waals surface area contributed by atoms with Crippen LogP contribution in [0.2, 0.25) is 6.32 Å². The van der Waals surface area contributed by atoms with Crippen LogP contribution in [0.25, 0.3) is 10.4 Å². The average Bonchev–Trinajstić information content (AvgIpc) is 2.69. The van der Waals surface area contributed by atoms with Gasteiger partial charge < -0.3 is 9.15 Å². The number of aromatic nitrogens is 1. The quantitative estimate of drug-likeness (QED) is 0.591. The summed E-state index contributed by atoms with van der Waals surface area (Å²) < 4.78 is 10.2. The SMILES string of the molecule is BCCc1nc2oc(=O)c(C(=O)OC)cc2s1. The monoisotopic (exact) mass is 251 g/mol. The van der Waals surface area contributed by atoms with E-state index in [1.807, 2.05) is 7.85 Å². The van der Waals surface area contributed by atoms with E-state index in [4.69, 9.17) is 4.42 Å². The van der Waals surface area contributed by atoms with Crippen LogP contribution in [0.15, 0.2) is 15.3 Å². The van der Waals surface area contributed by atoms with Gasteiger partial charge in [0.05, 0.1) is 16.8 Å². The van der Waals surface area contributed by atoms with E-state index < -0.39 is 11.6 Å². The van der Waals surface area contributed by atoms with E-state index >= 15 is 0 Å². The van der Waals surface area contributed by atoms with Gasteiger partial charge in [-0.25, -0.2) is 14.6 Å². The van der Waals surface area contributed by atoms with Gasteiger partial charge >= 0.3 is 11.6 Å². The van der Waals surface area contributed by atoms with Crippen LogP contribution in [0, 0.1) is 0 Å². The van der Waals surface area contributed by atoms with Crippen molar-refractivity contribution in [3.05, 3.63) is 27.1 Å². The molecular formula is C10H10BNO4S. The molecule has 2 aromatic heterocycles. The summed E-state index contributed by atoms with van der Waals surface area (Å²) in [5, 5.41) is 0.896. The van der Waals surface area contributed by atoms with E-state index in [1.54, 1.807) is 0 Å². The van der Waals surface area contributed by atoms with E-state index in [1.165, 1.54) is 24.5 Å². The van der Waals surface area contributed by atoms with Gasteiger partial charge in [-0.1, -0.05) is 6.32 Å². The molecule has 0 N–H and O–H groups in total. The third kappa shape index (κ3) is 2.24. The van der Waals surface area contributed by atoms with Crippen LogP contribution in [0.5, 0.6) is 0 Å². The van der Waals surface area contributed by atoms with Gasteiger partial charge in [-0.3, -0.25) is 0 Å². The Morgan fingerprint density at radius 3 is 3.06 bits per heavy atom. The summed E-state index contributed by atoms with van der Waals surface area (Å²) in [7, 11) is 3.27. The minimum Gasteiger partial charge on any atom is -0.465 e. The van der Waals surface area contributed by atoms with Crippen molar-refractivity contribution < 1.29 is 13.9 Å². The largest absolute Gasteiger partial charge is 0.465 e. The lowest BCUT2D eigenvalue weighted by Gasteiger charge is -1.95. The number of hydrogen-bond donors (Lipinski definition) is 0. The Morgan fingerprint density at radius 2 is 2.41 bits per heavy atom. The molecule has 0 spiro atoms. The Labute approximate surface area is 102 Å². The number of hydrogen-bond acceptors (Lipinski definition) is 6. The third-order valence-electron chi connectivity index (χ3n) is 2.22. The summed E-state index contributed by atoms with van der Waals surface area (Å²) in [5.41, 5.74) is -0.513. The van der Waals surface area contributed by atoms with Crippen molar-refractivity contribution in [2.45, 2.75) is 12.7 Å². The van der Waals surface area contributed by atoms with E-state index in [0.29, 0.717) is 4.70 Å². The number of esters is 1. The molecule has 0 aliphatic carbocycles. The van der Waals surface area contributed by atoms with Crippen molar-refractivity contribution in [2.24, 2.45) is 0 Å². The van der Waals surface area contributed by atoms with Gasteiger partial charge in [-0.05, 0) is 12.5 Å². The molecule has 0 fully saturated rings. The zero-order valence-electron chi connectivity index (χ0n) is 9.48. The van der Waals surface area contributed by atoms with Crippen molar-refractivity contribution >= 4 is 35.6 Å². The molecule has 0 atom stereocenters. The van der Waals surface area contributed by atoms with Crippen LogP contribution < -0.4 is 5.63 Å². The number of methoxy groups -OCH3 is 1. The Hall–Kier alpha value is -1.63. The first kappa shape index (κ1) is 11.8. The molecule has 0 aliphatic heterocycles. The number of fused-ring (bicyclic) bond motifs is 1. The Kier molecular flexibility index (Phi) is 3.28. The molecule has 0 amide bonds. The predicted molar refractivity (Wildman–Crippen MR) is 66.6 cm³/mol. The molecule has 0 unspecified atom stereocenters. The number of carbonyl (C=O) groups is 1. The van der Waals surface area contributed by atoms with Gasteiger partial charge in [0.2, 0.25) is 5.71 Å². The molecule has 5 nitrogen and oxygen atoms in total. The van der Waals surface area contributed by atoms with Gasteiger partial charge in [0.15, 0.2) is 0 Å². The van der Waals surface area contributed by atoms with Crippen molar-refractivity contribution in [1.82, 2.24) is 4.98 Å². The molecular weight excluding hydrogens is 241 g/mol. The second-order valence-electron chi connectivity index (χ2n) is 3.47. The summed E-state index contributed by atoms with van der Waals surface area (Å²) in [4.78, 5) is 27.0. The number of nitrogens with zero attached hydrogens (tertiary/aromatic N) is 1. The molecule has 88 valence electrons. The molecule has 2 aromatic rings. The smallest absolute Gasteiger partial charge is 0.352 e. The first-order valence-corrected chi connectivity index (χ1v) is 5.99. The fourth-order valence-electron chi connectivity index (χ4n) is 1.43. The first-order valence-electron chi connectivity index (χ1n) is 5.17. The highest BCUT2D eigenvalue weighted by molar-refractivity contribution is 7.18. The summed E-state index contributed by atoms with van der Waals surface area (Å²) in [5.74, 6) is -0.689. The van der Waals surface area contributed by atoms with Gasteiger partial charge in [0.1, 0.15) is 13.4 Å².